The molecule has 0 saturated carbocycles. The first-order valence-corrected chi connectivity index (χ1v) is 4.17. The third kappa shape index (κ3) is 2.37. The van der Waals surface area contributed by atoms with Crippen LogP contribution >= 0.6 is 11.6 Å². The number of hydrogen-bond donors (Lipinski definition) is 1. The van der Waals surface area contributed by atoms with Crippen molar-refractivity contribution >= 4 is 17.4 Å². The molecule has 0 saturated heterocycles. The number of nitrogens with two attached hydrogens (primary N) is 1. The Morgan fingerprint density at radius 2 is 2.27 bits per heavy atom. The summed E-state index contributed by atoms with van der Waals surface area (Å²) in [5.74, 6) is -0.722. The lowest BCUT2D eigenvalue weighted by molar-refractivity contribution is -0.390. The quantitative estimate of drug-likeness (QED) is 0.495. The van der Waals surface area contributed by atoms with Crippen molar-refractivity contribution in [3.8, 4) is 0 Å². The van der Waals surface area contributed by atoms with E-state index in [4.69, 9.17) is 17.3 Å². The van der Waals surface area contributed by atoms with Crippen LogP contribution in [0, 0.1) is 10.1 Å². The smallest absolute Gasteiger partial charge is 0.358 e. The lowest BCUT2D eigenvalue weighted by Gasteiger charge is -2.06. The number of hydrogen-bond acceptors (Lipinski definition) is 4. The van der Waals surface area contributed by atoms with Gasteiger partial charge >= 0.3 is 5.82 Å². The number of rotatable bonds is 3. The zero-order chi connectivity index (χ0) is 11.6. The van der Waals surface area contributed by atoms with Crippen molar-refractivity contribution < 1.29 is 13.7 Å². The molecule has 0 aromatic carbocycles. The Morgan fingerprint density at radius 1 is 1.67 bits per heavy atom. The van der Waals surface area contributed by atoms with Crippen molar-refractivity contribution in [3.05, 3.63) is 32.5 Å². The molecule has 2 N–H and O–H groups in total. The van der Waals surface area contributed by atoms with Crippen LogP contribution in [0.15, 0.2) is 6.07 Å². The lowest BCUT2D eigenvalue weighted by Crippen LogP contribution is -2.08. The average Bonchev–Trinajstić information content (AvgIpc) is 2.16. The Kier molecular flexibility index (Phi) is 3.48. The predicted octanol–water partition coefficient (Wildman–Crippen LogP) is 2.04. The summed E-state index contributed by atoms with van der Waals surface area (Å²) in [4.78, 5) is 12.9. The summed E-state index contributed by atoms with van der Waals surface area (Å²) in [7, 11) is 0. The minimum Gasteiger partial charge on any atom is -0.358 e. The lowest BCUT2D eigenvalue weighted by atomic mass is 10.1. The number of pyridine rings is 1. The molecule has 82 valence electrons. The zero-order valence-electron chi connectivity index (χ0n) is 7.28. The largest absolute Gasteiger partial charge is 0.370 e. The highest BCUT2D eigenvalue weighted by atomic mass is 35.5. The van der Waals surface area contributed by atoms with Gasteiger partial charge in [0.15, 0.2) is 0 Å². The van der Waals surface area contributed by atoms with E-state index >= 15 is 0 Å². The van der Waals surface area contributed by atoms with E-state index in [1.807, 2.05) is 0 Å². The molecule has 1 aromatic heterocycles. The van der Waals surface area contributed by atoms with E-state index in [0.717, 1.165) is 6.07 Å². The molecule has 0 unspecified atom stereocenters. The van der Waals surface area contributed by atoms with Gasteiger partial charge in [-0.25, -0.2) is 8.78 Å². The van der Waals surface area contributed by atoms with E-state index in [2.05, 4.69) is 4.98 Å². The normalized spacial score (nSPS) is 10.7. The first-order valence-electron chi connectivity index (χ1n) is 3.79. The van der Waals surface area contributed by atoms with Crippen LogP contribution in [0.5, 0.6) is 0 Å². The second-order valence-corrected chi connectivity index (χ2v) is 2.99. The SMILES string of the molecule is NCc1c(C(F)F)cc(Cl)nc1[N+](=O)[O-]. The molecule has 0 spiro atoms. The first-order chi connectivity index (χ1) is 6.97. The Morgan fingerprint density at radius 3 is 2.67 bits per heavy atom. The summed E-state index contributed by atoms with van der Waals surface area (Å²) < 4.78 is 24.9. The second-order valence-electron chi connectivity index (χ2n) is 2.60. The number of halogens is 3. The van der Waals surface area contributed by atoms with E-state index < -0.39 is 22.7 Å². The van der Waals surface area contributed by atoms with Gasteiger partial charge in [0.05, 0.1) is 5.56 Å². The Hall–Kier alpha value is -1.34. The van der Waals surface area contributed by atoms with Gasteiger partial charge in [0.1, 0.15) is 0 Å². The van der Waals surface area contributed by atoms with Crippen LogP contribution < -0.4 is 5.73 Å². The maximum Gasteiger partial charge on any atom is 0.370 e. The third-order valence-electron chi connectivity index (χ3n) is 1.72. The van der Waals surface area contributed by atoms with Crippen LogP contribution in [0.2, 0.25) is 5.15 Å². The third-order valence-corrected chi connectivity index (χ3v) is 1.91. The predicted molar refractivity (Wildman–Crippen MR) is 48.7 cm³/mol. The van der Waals surface area contributed by atoms with Crippen LogP contribution in [0.25, 0.3) is 0 Å². The van der Waals surface area contributed by atoms with Gasteiger partial charge in [-0.3, -0.25) is 0 Å². The molecule has 5 nitrogen and oxygen atoms in total. The van der Waals surface area contributed by atoms with Gasteiger partial charge in [-0.2, -0.15) is 0 Å². The van der Waals surface area contributed by atoms with Gasteiger partial charge in [-0.15, -0.1) is 0 Å². The molecule has 1 heterocycles. The highest BCUT2D eigenvalue weighted by molar-refractivity contribution is 6.29. The fourth-order valence-electron chi connectivity index (χ4n) is 1.10. The summed E-state index contributed by atoms with van der Waals surface area (Å²) in [6.07, 6.45) is -2.87. The molecule has 0 bridgehead atoms. The van der Waals surface area contributed by atoms with Crippen LogP contribution in [0.3, 0.4) is 0 Å². The van der Waals surface area contributed by atoms with Gasteiger partial charge in [-0.05, 0) is 21.5 Å². The van der Waals surface area contributed by atoms with Gasteiger partial charge in [0, 0.05) is 18.2 Å². The van der Waals surface area contributed by atoms with Crippen molar-refractivity contribution in [1.82, 2.24) is 4.98 Å². The molecule has 0 aliphatic carbocycles. The number of alkyl halides is 2. The topological polar surface area (TPSA) is 82.0 Å². The molecule has 0 aliphatic rings. The van der Waals surface area contributed by atoms with Crippen molar-refractivity contribution in [2.24, 2.45) is 5.73 Å². The van der Waals surface area contributed by atoms with Crippen LogP contribution in [0.4, 0.5) is 14.6 Å². The van der Waals surface area contributed by atoms with Crippen LogP contribution in [0.1, 0.15) is 17.6 Å². The van der Waals surface area contributed by atoms with E-state index in [0.29, 0.717) is 0 Å². The molecule has 0 fully saturated rings. The van der Waals surface area contributed by atoms with E-state index in [-0.39, 0.29) is 17.3 Å². The van der Waals surface area contributed by atoms with Gasteiger partial charge in [0.25, 0.3) is 6.43 Å². The Balaban J connectivity index is 3.45. The summed E-state index contributed by atoms with van der Waals surface area (Å²) in [5.41, 5.74) is 4.31. The number of aromatic nitrogens is 1. The van der Waals surface area contributed by atoms with E-state index in [1.165, 1.54) is 0 Å². The fourth-order valence-corrected chi connectivity index (χ4v) is 1.30. The zero-order valence-corrected chi connectivity index (χ0v) is 8.04. The molecule has 1 aromatic rings. The monoisotopic (exact) mass is 237 g/mol. The maximum absolute atomic E-state index is 12.5. The molecule has 8 heteroatoms. The van der Waals surface area contributed by atoms with E-state index in [1.54, 1.807) is 0 Å². The molecule has 0 radical (unpaired) electrons. The standard InChI is InChI=1S/C7H6ClF2N3O2/c8-5-1-3(6(9)10)4(2-11)7(12-5)13(14)15/h1,6H,2,11H2. The summed E-state index contributed by atoms with van der Waals surface area (Å²) in [5, 5.41) is 10.1. The molecule has 1 rings (SSSR count). The minimum atomic E-state index is -2.87. The van der Waals surface area contributed by atoms with E-state index in [9.17, 15) is 18.9 Å². The number of nitro groups is 1. The minimum absolute atomic E-state index is 0.292. The second kappa shape index (κ2) is 4.45. The summed E-state index contributed by atoms with van der Waals surface area (Å²) in [6, 6.07) is 0.876. The molecular weight excluding hydrogens is 232 g/mol. The Labute approximate surface area is 88.0 Å². The summed E-state index contributed by atoms with van der Waals surface area (Å²) in [6.45, 7) is -0.389. The maximum atomic E-state index is 12.5. The molecule has 0 amide bonds. The van der Waals surface area contributed by atoms with Crippen LogP contribution in [-0.4, -0.2) is 9.91 Å². The van der Waals surface area contributed by atoms with Crippen molar-refractivity contribution in [3.63, 3.8) is 0 Å². The highest BCUT2D eigenvalue weighted by Crippen LogP contribution is 2.30. The highest BCUT2D eigenvalue weighted by Gasteiger charge is 2.25. The molecule has 0 atom stereocenters. The van der Waals surface area contributed by atoms with Crippen LogP contribution in [-0.2, 0) is 6.54 Å². The van der Waals surface area contributed by atoms with Crippen molar-refractivity contribution in [2.75, 3.05) is 0 Å². The first kappa shape index (κ1) is 11.7. The van der Waals surface area contributed by atoms with Crippen molar-refractivity contribution in [2.45, 2.75) is 13.0 Å². The summed E-state index contributed by atoms with van der Waals surface area (Å²) >= 11 is 5.38. The molecular formula is C7H6ClF2N3O2. The van der Waals surface area contributed by atoms with Gasteiger partial charge in [-0.1, -0.05) is 0 Å². The van der Waals surface area contributed by atoms with Gasteiger partial charge < -0.3 is 15.8 Å². The fraction of sp³-hybridized carbons (Fsp3) is 0.286. The molecule has 15 heavy (non-hydrogen) atoms. The Bertz CT molecular complexity index is 400. The number of nitrogens with zero attached hydrogens (tertiary/aromatic N) is 2. The molecule has 0 aliphatic heterocycles. The average molecular weight is 238 g/mol. The van der Waals surface area contributed by atoms with Gasteiger partial charge in [0.2, 0.25) is 5.15 Å². The van der Waals surface area contributed by atoms with Crippen molar-refractivity contribution in [1.29, 1.82) is 0 Å².